The third kappa shape index (κ3) is 2.66. The molecule has 0 saturated heterocycles. The molecule has 0 saturated carbocycles. The van der Waals surface area contributed by atoms with Crippen LogP contribution in [0.15, 0.2) is 34.9 Å². The van der Waals surface area contributed by atoms with Gasteiger partial charge in [-0.05, 0) is 56.4 Å². The van der Waals surface area contributed by atoms with Crippen LogP contribution >= 0.6 is 0 Å². The first-order valence-corrected chi connectivity index (χ1v) is 8.21. The summed E-state index contributed by atoms with van der Waals surface area (Å²) >= 11 is 0. The smallest absolute Gasteiger partial charge is 0.287 e. The molecule has 0 radical (unpaired) electrons. The summed E-state index contributed by atoms with van der Waals surface area (Å²) in [6.45, 7) is 3.91. The van der Waals surface area contributed by atoms with E-state index in [2.05, 4.69) is 15.3 Å². The number of hydrogen-bond donors (Lipinski definition) is 1. The van der Waals surface area contributed by atoms with Gasteiger partial charge in [-0.3, -0.25) is 4.79 Å². The average molecular weight is 321 g/mol. The van der Waals surface area contributed by atoms with E-state index in [4.69, 9.17) is 4.42 Å². The molecule has 24 heavy (non-hydrogen) atoms. The van der Waals surface area contributed by atoms with Crippen molar-refractivity contribution >= 4 is 16.9 Å². The van der Waals surface area contributed by atoms with Crippen LogP contribution in [0.25, 0.3) is 11.0 Å². The number of rotatable bonds is 2. The van der Waals surface area contributed by atoms with E-state index in [1.807, 2.05) is 44.3 Å². The van der Waals surface area contributed by atoms with E-state index in [0.29, 0.717) is 5.76 Å². The molecule has 0 spiro atoms. The molecule has 2 heterocycles. The Morgan fingerprint density at radius 2 is 2.21 bits per heavy atom. The Kier molecular flexibility index (Phi) is 3.56. The van der Waals surface area contributed by atoms with E-state index in [9.17, 15) is 4.79 Å². The first-order chi connectivity index (χ1) is 11.6. The first kappa shape index (κ1) is 14.9. The highest BCUT2D eigenvalue weighted by atomic mass is 16.3. The van der Waals surface area contributed by atoms with Gasteiger partial charge < -0.3 is 9.73 Å². The normalized spacial score (nSPS) is 16.8. The van der Waals surface area contributed by atoms with Crippen LogP contribution in [0.5, 0.6) is 0 Å². The SMILES string of the molecule is Cc1ncc2c(n1)CCC(NC(=O)c1cc3c(C)cccc3o1)C2. The summed E-state index contributed by atoms with van der Waals surface area (Å²) in [4.78, 5) is 21.3. The van der Waals surface area contributed by atoms with Gasteiger partial charge in [-0.25, -0.2) is 9.97 Å². The molecule has 1 N–H and O–H groups in total. The molecule has 3 aromatic rings. The standard InChI is InChI=1S/C19H19N3O2/c1-11-4-3-5-17-15(11)9-18(24-17)19(23)22-14-6-7-16-13(8-14)10-20-12(2)21-16/h3-5,9-10,14H,6-8H2,1-2H3,(H,22,23). The first-order valence-electron chi connectivity index (χ1n) is 8.21. The number of benzene rings is 1. The lowest BCUT2D eigenvalue weighted by atomic mass is 9.92. The van der Waals surface area contributed by atoms with Crippen LogP contribution in [-0.4, -0.2) is 21.9 Å². The third-order valence-electron chi connectivity index (χ3n) is 4.61. The maximum atomic E-state index is 12.5. The van der Waals surface area contributed by atoms with Gasteiger partial charge >= 0.3 is 0 Å². The van der Waals surface area contributed by atoms with Gasteiger partial charge in [0.05, 0.1) is 0 Å². The zero-order chi connectivity index (χ0) is 16.7. The van der Waals surface area contributed by atoms with E-state index in [1.165, 1.54) is 0 Å². The van der Waals surface area contributed by atoms with Gasteiger partial charge in [-0.2, -0.15) is 0 Å². The largest absolute Gasteiger partial charge is 0.451 e. The zero-order valence-electron chi connectivity index (χ0n) is 13.8. The second kappa shape index (κ2) is 5.74. The minimum Gasteiger partial charge on any atom is -0.451 e. The molecule has 5 heteroatoms. The van der Waals surface area contributed by atoms with Crippen molar-refractivity contribution in [1.29, 1.82) is 0 Å². The number of amides is 1. The molecule has 1 atom stereocenters. The molecule has 1 aromatic carbocycles. The molecular formula is C19H19N3O2. The number of carbonyl (C=O) groups excluding carboxylic acids is 1. The van der Waals surface area contributed by atoms with Crippen LogP contribution in [0, 0.1) is 13.8 Å². The highest BCUT2D eigenvalue weighted by Gasteiger charge is 2.23. The van der Waals surface area contributed by atoms with E-state index in [0.717, 1.165) is 52.9 Å². The summed E-state index contributed by atoms with van der Waals surface area (Å²) in [5, 5.41) is 4.07. The Labute approximate surface area is 140 Å². The third-order valence-corrected chi connectivity index (χ3v) is 4.61. The number of aryl methyl sites for hydroxylation is 3. The molecule has 2 aromatic heterocycles. The van der Waals surface area contributed by atoms with Gasteiger partial charge in [-0.1, -0.05) is 12.1 Å². The number of nitrogens with one attached hydrogen (secondary N) is 1. The summed E-state index contributed by atoms with van der Waals surface area (Å²) in [7, 11) is 0. The molecule has 1 amide bonds. The topological polar surface area (TPSA) is 68.0 Å². The van der Waals surface area contributed by atoms with Crippen molar-refractivity contribution in [3.63, 3.8) is 0 Å². The Hall–Kier alpha value is -2.69. The Balaban J connectivity index is 1.51. The number of fused-ring (bicyclic) bond motifs is 2. The van der Waals surface area contributed by atoms with Crippen molar-refractivity contribution in [1.82, 2.24) is 15.3 Å². The van der Waals surface area contributed by atoms with Crippen molar-refractivity contribution in [3.8, 4) is 0 Å². The fourth-order valence-electron chi connectivity index (χ4n) is 3.31. The van der Waals surface area contributed by atoms with Crippen molar-refractivity contribution in [2.45, 2.75) is 39.2 Å². The zero-order valence-corrected chi connectivity index (χ0v) is 13.8. The minimum atomic E-state index is -0.160. The Morgan fingerprint density at radius 1 is 1.33 bits per heavy atom. The van der Waals surface area contributed by atoms with Gasteiger partial charge in [0.15, 0.2) is 5.76 Å². The lowest BCUT2D eigenvalue weighted by molar-refractivity contribution is 0.0907. The summed E-state index contributed by atoms with van der Waals surface area (Å²) < 4.78 is 5.70. The molecule has 0 fully saturated rings. The van der Waals surface area contributed by atoms with Crippen LogP contribution in [0.4, 0.5) is 0 Å². The molecule has 1 aliphatic rings. The summed E-state index contributed by atoms with van der Waals surface area (Å²) in [5.41, 5.74) is 4.08. The van der Waals surface area contributed by atoms with Crippen molar-refractivity contribution < 1.29 is 9.21 Å². The van der Waals surface area contributed by atoms with Gasteiger partial charge in [0.25, 0.3) is 5.91 Å². The monoisotopic (exact) mass is 321 g/mol. The van der Waals surface area contributed by atoms with E-state index in [-0.39, 0.29) is 11.9 Å². The maximum Gasteiger partial charge on any atom is 0.287 e. The molecule has 4 rings (SSSR count). The van der Waals surface area contributed by atoms with Crippen molar-refractivity contribution in [2.75, 3.05) is 0 Å². The summed E-state index contributed by atoms with van der Waals surface area (Å²) in [5.74, 6) is 1.01. The lowest BCUT2D eigenvalue weighted by Gasteiger charge is -2.24. The molecule has 1 aliphatic carbocycles. The Morgan fingerprint density at radius 3 is 3.04 bits per heavy atom. The maximum absolute atomic E-state index is 12.5. The molecule has 122 valence electrons. The highest BCUT2D eigenvalue weighted by molar-refractivity contribution is 5.97. The molecule has 0 bridgehead atoms. The Bertz CT molecular complexity index is 930. The van der Waals surface area contributed by atoms with Gasteiger partial charge in [0.1, 0.15) is 11.4 Å². The van der Waals surface area contributed by atoms with Crippen LogP contribution in [0.2, 0.25) is 0 Å². The molecule has 1 unspecified atom stereocenters. The van der Waals surface area contributed by atoms with Gasteiger partial charge in [0, 0.05) is 23.3 Å². The summed E-state index contributed by atoms with van der Waals surface area (Å²) in [6, 6.07) is 7.74. The predicted molar refractivity (Wildman–Crippen MR) is 91.0 cm³/mol. The van der Waals surface area contributed by atoms with E-state index < -0.39 is 0 Å². The molecule has 5 nitrogen and oxygen atoms in total. The molecular weight excluding hydrogens is 302 g/mol. The van der Waals surface area contributed by atoms with Crippen LogP contribution in [-0.2, 0) is 12.8 Å². The number of carbonyl (C=O) groups is 1. The molecule has 0 aliphatic heterocycles. The highest BCUT2D eigenvalue weighted by Crippen LogP contribution is 2.23. The average Bonchev–Trinajstić information content (AvgIpc) is 3.01. The van der Waals surface area contributed by atoms with Gasteiger partial charge in [-0.15, -0.1) is 0 Å². The van der Waals surface area contributed by atoms with Gasteiger partial charge in [0.2, 0.25) is 0 Å². The number of hydrogen-bond acceptors (Lipinski definition) is 4. The fourth-order valence-corrected chi connectivity index (χ4v) is 3.31. The number of furan rings is 1. The van der Waals surface area contributed by atoms with Crippen molar-refractivity contribution in [2.24, 2.45) is 0 Å². The fraction of sp³-hybridized carbons (Fsp3) is 0.316. The lowest BCUT2D eigenvalue weighted by Crippen LogP contribution is -2.39. The van der Waals surface area contributed by atoms with Crippen LogP contribution in [0.3, 0.4) is 0 Å². The quantitative estimate of drug-likeness (QED) is 0.787. The number of nitrogens with zero attached hydrogens (tertiary/aromatic N) is 2. The minimum absolute atomic E-state index is 0.0885. The summed E-state index contributed by atoms with van der Waals surface area (Å²) in [6.07, 6.45) is 4.39. The van der Waals surface area contributed by atoms with E-state index in [1.54, 1.807) is 0 Å². The second-order valence-electron chi connectivity index (χ2n) is 6.40. The number of aromatic nitrogens is 2. The van der Waals surface area contributed by atoms with Crippen LogP contribution in [0.1, 0.15) is 39.6 Å². The predicted octanol–water partition coefficient (Wildman–Crippen LogP) is 3.13. The second-order valence-corrected chi connectivity index (χ2v) is 6.40. The van der Waals surface area contributed by atoms with Crippen molar-refractivity contribution in [3.05, 3.63) is 58.9 Å². The van der Waals surface area contributed by atoms with E-state index >= 15 is 0 Å². The van der Waals surface area contributed by atoms with Crippen LogP contribution < -0.4 is 5.32 Å².